The van der Waals surface area contributed by atoms with E-state index in [0.717, 1.165) is 6.42 Å². The van der Waals surface area contributed by atoms with Gasteiger partial charge in [-0.15, -0.1) is 0 Å². The molecule has 0 aliphatic rings. The van der Waals surface area contributed by atoms with Crippen molar-refractivity contribution in [3.63, 3.8) is 0 Å². The second-order valence-corrected chi connectivity index (χ2v) is 4.04. The molecule has 3 N–H and O–H groups in total. The van der Waals surface area contributed by atoms with Crippen molar-refractivity contribution in [1.82, 2.24) is 4.98 Å². The lowest BCUT2D eigenvalue weighted by Crippen LogP contribution is -2.13. The topological polar surface area (TPSA) is 110 Å². The summed E-state index contributed by atoms with van der Waals surface area (Å²) in [6.45, 7) is 3.80. The van der Waals surface area contributed by atoms with Crippen LogP contribution in [-0.2, 0) is 4.74 Å². The minimum absolute atomic E-state index is 0.0163. The van der Waals surface area contributed by atoms with E-state index in [2.05, 4.69) is 15.6 Å². The predicted molar refractivity (Wildman–Crippen MR) is 76.1 cm³/mol. The van der Waals surface area contributed by atoms with Crippen LogP contribution in [-0.4, -0.2) is 47.9 Å². The van der Waals surface area contributed by atoms with Gasteiger partial charge in [-0.05, 0) is 6.42 Å². The van der Waals surface area contributed by atoms with Crippen LogP contribution in [0.1, 0.15) is 13.3 Å². The summed E-state index contributed by atoms with van der Waals surface area (Å²) in [5.74, 6) is 0.894. The monoisotopic (exact) mass is 284 g/mol. The Balaban J connectivity index is 2.63. The van der Waals surface area contributed by atoms with Gasteiger partial charge in [-0.25, -0.2) is 4.98 Å². The number of aliphatic hydroxyl groups is 1. The number of anilines is 2. The summed E-state index contributed by atoms with van der Waals surface area (Å²) in [5.41, 5.74) is -0.0163. The van der Waals surface area contributed by atoms with Crippen LogP contribution in [0.25, 0.3) is 0 Å². The lowest BCUT2D eigenvalue weighted by Gasteiger charge is -2.09. The van der Waals surface area contributed by atoms with Crippen molar-refractivity contribution < 1.29 is 14.8 Å². The van der Waals surface area contributed by atoms with Crippen molar-refractivity contribution in [3.05, 3.63) is 22.2 Å². The highest BCUT2D eigenvalue weighted by Crippen LogP contribution is 2.20. The van der Waals surface area contributed by atoms with Crippen LogP contribution in [0.2, 0.25) is 0 Å². The molecule has 0 spiro atoms. The van der Waals surface area contributed by atoms with Crippen molar-refractivity contribution in [2.75, 3.05) is 43.5 Å². The summed E-state index contributed by atoms with van der Waals surface area (Å²) in [7, 11) is 0. The minimum atomic E-state index is -0.452. The number of hydrogen-bond donors (Lipinski definition) is 3. The third kappa shape index (κ3) is 5.81. The lowest BCUT2D eigenvalue weighted by atomic mass is 10.3. The number of aliphatic hydroxyl groups excluding tert-OH is 1. The van der Waals surface area contributed by atoms with Gasteiger partial charge in [-0.2, -0.15) is 0 Å². The van der Waals surface area contributed by atoms with E-state index in [4.69, 9.17) is 9.84 Å². The lowest BCUT2D eigenvalue weighted by molar-refractivity contribution is -0.384. The molecule has 0 bridgehead atoms. The summed E-state index contributed by atoms with van der Waals surface area (Å²) < 4.78 is 5.09. The Morgan fingerprint density at radius 2 is 1.95 bits per heavy atom. The molecule has 1 aromatic rings. The summed E-state index contributed by atoms with van der Waals surface area (Å²) in [6, 6.07) is 2.78. The molecule has 20 heavy (non-hydrogen) atoms. The predicted octanol–water partition coefficient (Wildman–Crippen LogP) is 1.23. The Morgan fingerprint density at radius 1 is 1.30 bits per heavy atom. The molecular formula is C12H20N4O4. The van der Waals surface area contributed by atoms with Gasteiger partial charge in [0.2, 0.25) is 0 Å². The molecule has 1 heterocycles. The first-order valence-corrected chi connectivity index (χ1v) is 6.50. The molecule has 0 saturated heterocycles. The number of ether oxygens (including phenoxy) is 1. The highest BCUT2D eigenvalue weighted by Gasteiger charge is 2.10. The number of aromatic nitrogens is 1. The van der Waals surface area contributed by atoms with Gasteiger partial charge in [0.1, 0.15) is 11.6 Å². The molecule has 8 nitrogen and oxygen atoms in total. The quantitative estimate of drug-likeness (QED) is 0.337. The van der Waals surface area contributed by atoms with E-state index in [9.17, 15) is 10.1 Å². The fourth-order valence-corrected chi connectivity index (χ4v) is 1.47. The molecule has 112 valence electrons. The van der Waals surface area contributed by atoms with Gasteiger partial charge < -0.3 is 20.5 Å². The first-order valence-electron chi connectivity index (χ1n) is 6.50. The normalized spacial score (nSPS) is 10.3. The molecular weight excluding hydrogens is 264 g/mol. The maximum absolute atomic E-state index is 10.9. The zero-order valence-electron chi connectivity index (χ0n) is 11.5. The van der Waals surface area contributed by atoms with Crippen LogP contribution in [0.5, 0.6) is 0 Å². The summed E-state index contributed by atoms with van der Waals surface area (Å²) in [6.07, 6.45) is 0.905. The summed E-state index contributed by atoms with van der Waals surface area (Å²) in [5, 5.41) is 25.4. The SMILES string of the molecule is CCCNc1cc([N+](=O)[O-])cc(NCCOCCO)n1. The smallest absolute Gasteiger partial charge is 0.276 e. The van der Waals surface area contributed by atoms with E-state index in [0.29, 0.717) is 31.3 Å². The third-order valence-corrected chi connectivity index (χ3v) is 2.37. The number of rotatable bonds is 10. The van der Waals surface area contributed by atoms with Gasteiger partial charge in [0.15, 0.2) is 0 Å². The number of nitrogens with one attached hydrogen (secondary N) is 2. The molecule has 0 unspecified atom stereocenters. The van der Waals surface area contributed by atoms with Crippen molar-refractivity contribution in [1.29, 1.82) is 0 Å². The van der Waals surface area contributed by atoms with Gasteiger partial charge >= 0.3 is 0 Å². The Bertz CT molecular complexity index is 428. The minimum Gasteiger partial charge on any atom is -0.394 e. The summed E-state index contributed by atoms with van der Waals surface area (Å²) >= 11 is 0. The molecule has 1 rings (SSSR count). The molecule has 0 aliphatic carbocycles. The zero-order chi connectivity index (χ0) is 14.8. The van der Waals surface area contributed by atoms with Crippen molar-refractivity contribution in [2.45, 2.75) is 13.3 Å². The fourth-order valence-electron chi connectivity index (χ4n) is 1.47. The van der Waals surface area contributed by atoms with Crippen LogP contribution in [0.3, 0.4) is 0 Å². The van der Waals surface area contributed by atoms with Crippen molar-refractivity contribution in [2.24, 2.45) is 0 Å². The van der Waals surface area contributed by atoms with Gasteiger partial charge in [0, 0.05) is 13.1 Å². The first kappa shape index (κ1) is 16.1. The Morgan fingerprint density at radius 3 is 2.50 bits per heavy atom. The maximum atomic E-state index is 10.9. The molecule has 0 fully saturated rings. The second-order valence-electron chi connectivity index (χ2n) is 4.04. The number of nitrogens with zero attached hydrogens (tertiary/aromatic N) is 2. The number of pyridine rings is 1. The molecule has 0 atom stereocenters. The Kier molecular flexibility index (Phi) is 7.30. The molecule has 0 aliphatic heterocycles. The molecule has 0 saturated carbocycles. The van der Waals surface area contributed by atoms with Crippen LogP contribution < -0.4 is 10.6 Å². The van der Waals surface area contributed by atoms with E-state index < -0.39 is 4.92 Å². The largest absolute Gasteiger partial charge is 0.394 e. The molecule has 0 radical (unpaired) electrons. The van der Waals surface area contributed by atoms with Crippen molar-refractivity contribution >= 4 is 17.3 Å². The average molecular weight is 284 g/mol. The second kappa shape index (κ2) is 9.05. The maximum Gasteiger partial charge on any atom is 0.276 e. The Hall–Kier alpha value is -1.93. The highest BCUT2D eigenvalue weighted by atomic mass is 16.6. The zero-order valence-corrected chi connectivity index (χ0v) is 11.5. The van der Waals surface area contributed by atoms with Crippen LogP contribution >= 0.6 is 0 Å². The van der Waals surface area contributed by atoms with Gasteiger partial charge in [0.25, 0.3) is 5.69 Å². The molecule has 8 heteroatoms. The molecule has 0 amide bonds. The van der Waals surface area contributed by atoms with Gasteiger partial charge in [-0.3, -0.25) is 10.1 Å². The third-order valence-electron chi connectivity index (χ3n) is 2.37. The van der Waals surface area contributed by atoms with E-state index in [-0.39, 0.29) is 18.9 Å². The van der Waals surface area contributed by atoms with E-state index in [1.165, 1.54) is 12.1 Å². The van der Waals surface area contributed by atoms with Crippen molar-refractivity contribution in [3.8, 4) is 0 Å². The molecule has 1 aromatic heterocycles. The number of hydrogen-bond acceptors (Lipinski definition) is 7. The van der Waals surface area contributed by atoms with E-state index >= 15 is 0 Å². The standard InChI is InChI=1S/C12H20N4O4/c1-2-3-13-11-8-10(16(18)19)9-12(15-11)14-4-6-20-7-5-17/h8-9,17H,2-7H2,1H3,(H2,13,14,15). The van der Waals surface area contributed by atoms with Gasteiger partial charge in [-0.1, -0.05) is 6.92 Å². The summed E-state index contributed by atoms with van der Waals surface area (Å²) in [4.78, 5) is 14.7. The average Bonchev–Trinajstić information content (AvgIpc) is 2.44. The van der Waals surface area contributed by atoms with Crippen LogP contribution in [0.15, 0.2) is 12.1 Å². The first-order chi connectivity index (χ1) is 9.67. The molecule has 0 aromatic carbocycles. The van der Waals surface area contributed by atoms with Gasteiger partial charge in [0.05, 0.1) is 36.9 Å². The fraction of sp³-hybridized carbons (Fsp3) is 0.583. The Labute approximate surface area is 117 Å². The van der Waals surface area contributed by atoms with E-state index in [1.54, 1.807) is 0 Å². The number of nitro groups is 1. The van der Waals surface area contributed by atoms with Crippen LogP contribution in [0.4, 0.5) is 17.3 Å². The highest BCUT2D eigenvalue weighted by molar-refractivity contribution is 5.54. The van der Waals surface area contributed by atoms with E-state index in [1.807, 2.05) is 6.92 Å². The van der Waals surface area contributed by atoms with Crippen LogP contribution in [0, 0.1) is 10.1 Å².